The van der Waals surface area contributed by atoms with Crippen LogP contribution in [0.25, 0.3) is 0 Å². The van der Waals surface area contributed by atoms with E-state index in [1.165, 1.54) is 0 Å². The molecule has 3 heteroatoms. The summed E-state index contributed by atoms with van der Waals surface area (Å²) in [6.45, 7) is 1.97. The number of nitrogens with zero attached hydrogens (tertiary/aromatic N) is 2. The van der Waals surface area contributed by atoms with Gasteiger partial charge in [-0.3, -0.25) is 9.98 Å². The van der Waals surface area contributed by atoms with E-state index in [0.717, 1.165) is 22.7 Å². The van der Waals surface area contributed by atoms with Crippen LogP contribution < -0.4 is 4.74 Å². The fourth-order valence-electron chi connectivity index (χ4n) is 1.78. The highest BCUT2D eigenvalue weighted by Gasteiger charge is 2.17. The van der Waals surface area contributed by atoms with Gasteiger partial charge in [0.25, 0.3) is 0 Å². The van der Waals surface area contributed by atoms with Gasteiger partial charge in [-0.1, -0.05) is 18.2 Å². The molecule has 0 spiro atoms. The van der Waals surface area contributed by atoms with Gasteiger partial charge < -0.3 is 4.74 Å². The number of aromatic nitrogens is 1. The summed E-state index contributed by atoms with van der Waals surface area (Å²) in [5.41, 5.74) is 2.90. The van der Waals surface area contributed by atoms with E-state index >= 15 is 0 Å². The fourth-order valence-corrected chi connectivity index (χ4v) is 1.78. The monoisotopic (exact) mass is 224 g/mol. The minimum absolute atomic E-state index is 0.141. The molecule has 0 fully saturated rings. The Kier molecular flexibility index (Phi) is 2.37. The van der Waals surface area contributed by atoms with Crippen LogP contribution in [0.1, 0.15) is 17.4 Å². The number of hydrogen-bond acceptors (Lipinski definition) is 3. The van der Waals surface area contributed by atoms with Gasteiger partial charge in [0, 0.05) is 17.5 Å². The Morgan fingerprint density at radius 3 is 2.82 bits per heavy atom. The van der Waals surface area contributed by atoms with Crippen LogP contribution >= 0.6 is 0 Å². The summed E-state index contributed by atoms with van der Waals surface area (Å²) >= 11 is 0. The predicted molar refractivity (Wildman–Crippen MR) is 66.9 cm³/mol. The quantitative estimate of drug-likeness (QED) is 0.745. The minimum Gasteiger partial charge on any atom is -0.478 e. The third-order valence-electron chi connectivity index (χ3n) is 2.73. The molecule has 0 saturated carbocycles. The van der Waals surface area contributed by atoms with Crippen molar-refractivity contribution >= 4 is 11.9 Å². The zero-order chi connectivity index (χ0) is 11.7. The molecular formula is C14H12N2O. The molecule has 3 nitrogen and oxygen atoms in total. The Morgan fingerprint density at radius 2 is 2.00 bits per heavy atom. The zero-order valence-electron chi connectivity index (χ0n) is 9.50. The lowest BCUT2D eigenvalue weighted by molar-refractivity contribution is 0.274. The van der Waals surface area contributed by atoms with E-state index in [1.54, 1.807) is 0 Å². The Morgan fingerprint density at radius 1 is 1.12 bits per heavy atom. The van der Waals surface area contributed by atoms with Gasteiger partial charge in [-0.15, -0.1) is 0 Å². The van der Waals surface area contributed by atoms with Gasteiger partial charge >= 0.3 is 0 Å². The fraction of sp³-hybridized carbons (Fsp3) is 0.143. The van der Waals surface area contributed by atoms with Crippen LogP contribution in [0, 0.1) is 6.92 Å². The van der Waals surface area contributed by atoms with Crippen molar-refractivity contribution in [3.8, 4) is 5.75 Å². The van der Waals surface area contributed by atoms with Gasteiger partial charge in [0.05, 0.1) is 6.21 Å². The second-order valence-corrected chi connectivity index (χ2v) is 4.02. The van der Waals surface area contributed by atoms with E-state index < -0.39 is 0 Å². The highest BCUT2D eigenvalue weighted by atomic mass is 16.5. The number of rotatable bonds is 1. The van der Waals surface area contributed by atoms with Crippen LogP contribution in [0.3, 0.4) is 0 Å². The van der Waals surface area contributed by atoms with Gasteiger partial charge in [-0.05, 0) is 25.1 Å². The van der Waals surface area contributed by atoms with Crippen LogP contribution in [0.5, 0.6) is 5.75 Å². The number of para-hydroxylation sites is 2. The minimum atomic E-state index is -0.141. The summed E-state index contributed by atoms with van der Waals surface area (Å²) in [6.07, 6.45) is 3.51. The van der Waals surface area contributed by atoms with Crippen molar-refractivity contribution in [1.82, 2.24) is 4.98 Å². The Hall–Kier alpha value is -2.16. The number of ether oxygens (including phenoxy) is 1. The van der Waals surface area contributed by atoms with Crippen molar-refractivity contribution in [2.24, 2.45) is 4.99 Å². The first kappa shape index (κ1) is 10.0. The molecule has 1 atom stereocenters. The number of pyridine rings is 1. The van der Waals surface area contributed by atoms with Crippen molar-refractivity contribution < 1.29 is 4.74 Å². The van der Waals surface area contributed by atoms with Crippen molar-refractivity contribution in [2.45, 2.75) is 13.0 Å². The van der Waals surface area contributed by atoms with Crippen LogP contribution in [0.4, 0.5) is 5.69 Å². The molecule has 0 N–H and O–H groups in total. The average molecular weight is 224 g/mol. The van der Waals surface area contributed by atoms with Crippen LogP contribution in [-0.4, -0.2) is 11.2 Å². The Labute approximate surface area is 99.8 Å². The summed E-state index contributed by atoms with van der Waals surface area (Å²) in [6, 6.07) is 11.8. The standard InChI is InChI=1S/C14H12N2O/c1-10-6-7-11(8-15-10)14-9-16-12-4-2-3-5-13(12)17-14/h2-9,14H,1H3. The first-order chi connectivity index (χ1) is 8.33. The molecule has 17 heavy (non-hydrogen) atoms. The van der Waals surface area contributed by atoms with Crippen LogP contribution in [0.2, 0.25) is 0 Å². The molecule has 0 bridgehead atoms. The summed E-state index contributed by atoms with van der Waals surface area (Å²) in [5.74, 6) is 0.820. The maximum absolute atomic E-state index is 5.87. The molecule has 0 radical (unpaired) electrons. The zero-order valence-corrected chi connectivity index (χ0v) is 9.50. The molecule has 1 aromatic heterocycles. The summed E-state index contributed by atoms with van der Waals surface area (Å²) in [7, 11) is 0. The molecule has 3 rings (SSSR count). The third kappa shape index (κ3) is 1.91. The Bertz CT molecular complexity index is 561. The Balaban J connectivity index is 1.92. The third-order valence-corrected chi connectivity index (χ3v) is 2.73. The van der Waals surface area contributed by atoms with Crippen molar-refractivity contribution in [3.05, 3.63) is 53.9 Å². The summed E-state index contributed by atoms with van der Waals surface area (Å²) in [4.78, 5) is 8.66. The van der Waals surface area contributed by atoms with E-state index in [1.807, 2.05) is 55.7 Å². The molecule has 2 heterocycles. The molecule has 0 aliphatic carbocycles. The van der Waals surface area contributed by atoms with E-state index in [9.17, 15) is 0 Å². The van der Waals surface area contributed by atoms with E-state index in [4.69, 9.17) is 4.74 Å². The van der Waals surface area contributed by atoms with Gasteiger partial charge in [-0.2, -0.15) is 0 Å². The van der Waals surface area contributed by atoms with Crippen LogP contribution in [-0.2, 0) is 0 Å². The maximum atomic E-state index is 5.87. The largest absolute Gasteiger partial charge is 0.478 e. The highest BCUT2D eigenvalue weighted by molar-refractivity contribution is 5.75. The second-order valence-electron chi connectivity index (χ2n) is 4.02. The first-order valence-electron chi connectivity index (χ1n) is 5.55. The number of hydrogen-bond donors (Lipinski definition) is 0. The summed E-state index contributed by atoms with van der Waals surface area (Å²) in [5, 5.41) is 0. The predicted octanol–water partition coefficient (Wildman–Crippen LogP) is 3.23. The normalized spacial score (nSPS) is 17.4. The molecule has 1 aromatic carbocycles. The maximum Gasteiger partial charge on any atom is 0.160 e. The highest BCUT2D eigenvalue weighted by Crippen LogP contribution is 2.34. The lowest BCUT2D eigenvalue weighted by Crippen LogP contribution is -2.12. The van der Waals surface area contributed by atoms with Gasteiger partial charge in [-0.25, -0.2) is 0 Å². The molecule has 84 valence electrons. The molecule has 0 amide bonds. The smallest absolute Gasteiger partial charge is 0.160 e. The topological polar surface area (TPSA) is 34.5 Å². The van der Waals surface area contributed by atoms with Gasteiger partial charge in [0.15, 0.2) is 6.10 Å². The van der Waals surface area contributed by atoms with Crippen molar-refractivity contribution in [3.63, 3.8) is 0 Å². The number of benzene rings is 1. The SMILES string of the molecule is Cc1ccc(C2C=Nc3ccccc3O2)cn1. The molecule has 0 saturated heterocycles. The second kappa shape index (κ2) is 4.01. The van der Waals surface area contributed by atoms with Gasteiger partial charge in [0.2, 0.25) is 0 Å². The number of fused-ring (bicyclic) bond motifs is 1. The molecular weight excluding hydrogens is 212 g/mol. The molecule has 1 aliphatic heterocycles. The van der Waals surface area contributed by atoms with E-state index in [-0.39, 0.29) is 6.10 Å². The average Bonchev–Trinajstić information content (AvgIpc) is 2.39. The van der Waals surface area contributed by atoms with Crippen LogP contribution in [0.15, 0.2) is 47.6 Å². The van der Waals surface area contributed by atoms with E-state index in [2.05, 4.69) is 9.98 Å². The molecule has 1 unspecified atom stereocenters. The lowest BCUT2D eigenvalue weighted by Gasteiger charge is -2.20. The first-order valence-corrected chi connectivity index (χ1v) is 5.55. The number of aryl methyl sites for hydroxylation is 1. The lowest BCUT2D eigenvalue weighted by atomic mass is 10.1. The van der Waals surface area contributed by atoms with Crippen molar-refractivity contribution in [2.75, 3.05) is 0 Å². The van der Waals surface area contributed by atoms with E-state index in [0.29, 0.717) is 0 Å². The summed E-state index contributed by atoms with van der Waals surface area (Å²) < 4.78 is 5.87. The molecule has 1 aliphatic rings. The molecule has 2 aromatic rings. The number of aliphatic imine (C=N–C) groups is 1. The van der Waals surface area contributed by atoms with Crippen molar-refractivity contribution in [1.29, 1.82) is 0 Å². The van der Waals surface area contributed by atoms with Gasteiger partial charge in [0.1, 0.15) is 11.4 Å².